The van der Waals surface area contributed by atoms with E-state index in [1.807, 2.05) is 25.7 Å². The van der Waals surface area contributed by atoms with Crippen LogP contribution in [-0.4, -0.2) is 35.0 Å². The standard InChI is InChI=1S/C14H25N3O/c1-5-14(3,4)16-13(18)11(2)17-9-7-6-8-12(17)10-15/h11-12H,5-9H2,1-4H3,(H,16,18). The molecule has 0 aromatic carbocycles. The normalized spacial score (nSPS) is 23.2. The van der Waals surface area contributed by atoms with Crippen LogP contribution in [0.1, 0.15) is 53.4 Å². The Bertz CT molecular complexity index is 332. The third-order valence-corrected chi connectivity index (χ3v) is 3.92. The van der Waals surface area contributed by atoms with E-state index in [-0.39, 0.29) is 23.5 Å². The van der Waals surface area contributed by atoms with E-state index in [1.54, 1.807) is 0 Å². The van der Waals surface area contributed by atoms with Crippen LogP contribution < -0.4 is 5.32 Å². The molecule has 1 N–H and O–H groups in total. The van der Waals surface area contributed by atoms with Gasteiger partial charge in [-0.25, -0.2) is 0 Å². The Balaban J connectivity index is 2.65. The van der Waals surface area contributed by atoms with Crippen molar-refractivity contribution in [1.82, 2.24) is 10.2 Å². The lowest BCUT2D eigenvalue weighted by Crippen LogP contribution is -2.55. The van der Waals surface area contributed by atoms with Gasteiger partial charge in [0.05, 0.1) is 18.2 Å². The second-order valence-corrected chi connectivity index (χ2v) is 5.78. The van der Waals surface area contributed by atoms with Gasteiger partial charge in [-0.2, -0.15) is 5.26 Å². The molecule has 18 heavy (non-hydrogen) atoms. The summed E-state index contributed by atoms with van der Waals surface area (Å²) in [5.41, 5.74) is -0.177. The molecule has 1 saturated heterocycles. The molecule has 1 fully saturated rings. The van der Waals surface area contributed by atoms with Gasteiger partial charge in [0, 0.05) is 12.1 Å². The molecule has 4 heteroatoms. The number of carbonyl (C=O) groups excluding carboxylic acids is 1. The molecular formula is C14H25N3O. The first-order valence-electron chi connectivity index (χ1n) is 6.88. The maximum absolute atomic E-state index is 12.2. The second-order valence-electron chi connectivity index (χ2n) is 5.78. The summed E-state index contributed by atoms with van der Waals surface area (Å²) >= 11 is 0. The summed E-state index contributed by atoms with van der Waals surface area (Å²) in [6, 6.07) is 1.98. The highest BCUT2D eigenvalue weighted by atomic mass is 16.2. The number of hydrogen-bond acceptors (Lipinski definition) is 3. The molecule has 0 spiro atoms. The Hall–Kier alpha value is -1.08. The van der Waals surface area contributed by atoms with Crippen molar-refractivity contribution in [3.8, 4) is 6.07 Å². The minimum Gasteiger partial charge on any atom is -0.350 e. The fourth-order valence-electron chi connectivity index (χ4n) is 2.23. The van der Waals surface area contributed by atoms with Crippen molar-refractivity contribution in [1.29, 1.82) is 5.26 Å². The van der Waals surface area contributed by atoms with E-state index in [4.69, 9.17) is 5.26 Å². The van der Waals surface area contributed by atoms with E-state index in [0.29, 0.717) is 0 Å². The molecule has 4 nitrogen and oxygen atoms in total. The average Bonchev–Trinajstić information content (AvgIpc) is 2.37. The van der Waals surface area contributed by atoms with Gasteiger partial charge in [-0.1, -0.05) is 6.92 Å². The largest absolute Gasteiger partial charge is 0.350 e. The third kappa shape index (κ3) is 3.71. The molecule has 2 unspecified atom stereocenters. The first-order chi connectivity index (χ1) is 8.41. The number of nitriles is 1. The number of rotatable bonds is 4. The highest BCUT2D eigenvalue weighted by Gasteiger charge is 2.31. The number of nitrogens with zero attached hydrogens (tertiary/aromatic N) is 2. The van der Waals surface area contributed by atoms with Crippen LogP contribution in [0.15, 0.2) is 0 Å². The van der Waals surface area contributed by atoms with Crippen LogP contribution in [0, 0.1) is 11.3 Å². The molecule has 1 rings (SSSR count). The molecule has 0 aromatic rings. The molecular weight excluding hydrogens is 226 g/mol. The maximum Gasteiger partial charge on any atom is 0.237 e. The number of nitrogens with one attached hydrogen (secondary N) is 1. The van der Waals surface area contributed by atoms with Crippen molar-refractivity contribution >= 4 is 5.91 Å². The van der Waals surface area contributed by atoms with E-state index in [0.717, 1.165) is 32.2 Å². The quantitative estimate of drug-likeness (QED) is 0.832. The number of piperidine rings is 1. The maximum atomic E-state index is 12.2. The SMILES string of the molecule is CCC(C)(C)NC(=O)C(C)N1CCCCC1C#N. The van der Waals surface area contributed by atoms with Crippen LogP contribution >= 0.6 is 0 Å². The smallest absolute Gasteiger partial charge is 0.237 e. The summed E-state index contributed by atoms with van der Waals surface area (Å²) in [7, 11) is 0. The van der Waals surface area contributed by atoms with Crippen LogP contribution in [0.2, 0.25) is 0 Å². The second kappa shape index (κ2) is 6.19. The molecule has 0 aromatic heterocycles. The van der Waals surface area contributed by atoms with Crippen molar-refractivity contribution in [2.75, 3.05) is 6.54 Å². The molecule has 0 saturated carbocycles. The minimum atomic E-state index is -0.222. The molecule has 1 aliphatic rings. The minimum absolute atomic E-state index is 0.0315. The molecule has 2 atom stereocenters. The van der Waals surface area contributed by atoms with Crippen molar-refractivity contribution in [2.45, 2.75) is 71.0 Å². The number of hydrogen-bond donors (Lipinski definition) is 1. The Kier molecular flexibility index (Phi) is 5.15. The lowest BCUT2D eigenvalue weighted by atomic mass is 9.99. The lowest BCUT2D eigenvalue weighted by molar-refractivity contribution is -0.128. The molecule has 102 valence electrons. The Morgan fingerprint density at radius 2 is 2.22 bits per heavy atom. The van der Waals surface area contributed by atoms with Gasteiger partial charge in [-0.15, -0.1) is 0 Å². The van der Waals surface area contributed by atoms with E-state index in [1.165, 1.54) is 0 Å². The van der Waals surface area contributed by atoms with E-state index in [9.17, 15) is 4.79 Å². The van der Waals surface area contributed by atoms with E-state index < -0.39 is 0 Å². The van der Waals surface area contributed by atoms with Crippen LogP contribution in [-0.2, 0) is 4.79 Å². The molecule has 1 heterocycles. The van der Waals surface area contributed by atoms with Crippen LogP contribution in [0.25, 0.3) is 0 Å². The monoisotopic (exact) mass is 251 g/mol. The molecule has 0 bridgehead atoms. The van der Waals surface area contributed by atoms with Crippen molar-refractivity contribution in [3.05, 3.63) is 0 Å². The van der Waals surface area contributed by atoms with Gasteiger partial charge in [-0.05, 0) is 46.5 Å². The number of carbonyl (C=O) groups is 1. The van der Waals surface area contributed by atoms with Crippen LogP contribution in [0.5, 0.6) is 0 Å². The zero-order chi connectivity index (χ0) is 13.8. The zero-order valence-corrected chi connectivity index (χ0v) is 12.0. The zero-order valence-electron chi connectivity index (χ0n) is 12.0. The Morgan fingerprint density at radius 3 is 2.78 bits per heavy atom. The summed E-state index contributed by atoms with van der Waals surface area (Å²) in [4.78, 5) is 14.2. The van der Waals surface area contributed by atoms with Gasteiger partial charge < -0.3 is 5.32 Å². The third-order valence-electron chi connectivity index (χ3n) is 3.92. The topological polar surface area (TPSA) is 56.1 Å². The summed E-state index contributed by atoms with van der Waals surface area (Å²) < 4.78 is 0. The highest BCUT2D eigenvalue weighted by molar-refractivity contribution is 5.82. The fraction of sp³-hybridized carbons (Fsp3) is 0.857. The van der Waals surface area contributed by atoms with Gasteiger partial charge >= 0.3 is 0 Å². The van der Waals surface area contributed by atoms with Gasteiger partial charge in [0.25, 0.3) is 0 Å². The summed E-state index contributed by atoms with van der Waals surface area (Å²) in [5, 5.41) is 12.2. The van der Waals surface area contributed by atoms with Crippen LogP contribution in [0.4, 0.5) is 0 Å². The van der Waals surface area contributed by atoms with Gasteiger partial charge in [0.15, 0.2) is 0 Å². The van der Waals surface area contributed by atoms with Crippen LogP contribution in [0.3, 0.4) is 0 Å². The van der Waals surface area contributed by atoms with Crippen molar-refractivity contribution in [3.63, 3.8) is 0 Å². The molecule has 1 amide bonds. The highest BCUT2D eigenvalue weighted by Crippen LogP contribution is 2.19. The Labute approximate surface area is 110 Å². The van der Waals surface area contributed by atoms with Gasteiger partial charge in [-0.3, -0.25) is 9.69 Å². The van der Waals surface area contributed by atoms with Gasteiger partial charge in [0.2, 0.25) is 5.91 Å². The average molecular weight is 251 g/mol. The summed E-state index contributed by atoms with van der Waals surface area (Å²) in [5.74, 6) is 0.0315. The first kappa shape index (κ1) is 15.0. The number of likely N-dealkylation sites (tertiary alicyclic amines) is 1. The lowest BCUT2D eigenvalue weighted by Gasteiger charge is -2.37. The Morgan fingerprint density at radius 1 is 1.56 bits per heavy atom. The summed E-state index contributed by atoms with van der Waals surface area (Å²) in [6.07, 6.45) is 3.94. The predicted molar refractivity (Wildman–Crippen MR) is 71.9 cm³/mol. The van der Waals surface area contributed by atoms with Gasteiger partial charge in [0.1, 0.15) is 0 Å². The van der Waals surface area contributed by atoms with Crippen molar-refractivity contribution in [2.24, 2.45) is 0 Å². The van der Waals surface area contributed by atoms with E-state index in [2.05, 4.69) is 18.3 Å². The van der Waals surface area contributed by atoms with Crippen molar-refractivity contribution < 1.29 is 4.79 Å². The fourth-order valence-corrected chi connectivity index (χ4v) is 2.23. The molecule has 1 aliphatic heterocycles. The molecule has 0 radical (unpaired) electrons. The van der Waals surface area contributed by atoms with E-state index >= 15 is 0 Å². The number of amides is 1. The predicted octanol–water partition coefficient (Wildman–Crippen LogP) is 2.06. The summed E-state index contributed by atoms with van der Waals surface area (Å²) in [6.45, 7) is 8.85. The molecule has 0 aliphatic carbocycles. The first-order valence-corrected chi connectivity index (χ1v) is 6.88.